The van der Waals surface area contributed by atoms with Gasteiger partial charge in [-0.05, 0) is 65.5 Å². The summed E-state index contributed by atoms with van der Waals surface area (Å²) in [5.74, 6) is 0.437. The molecule has 3 aliphatic rings. The molecule has 180 valence electrons. The molecule has 4 rings (SSSR count). The van der Waals surface area contributed by atoms with Crippen molar-refractivity contribution in [1.82, 2.24) is 14.9 Å². The summed E-state index contributed by atoms with van der Waals surface area (Å²) in [4.78, 5) is 37.4. The summed E-state index contributed by atoms with van der Waals surface area (Å²) in [6.45, 7) is 3.01. The van der Waals surface area contributed by atoms with Gasteiger partial charge in [0.15, 0.2) is 16.8 Å². The summed E-state index contributed by atoms with van der Waals surface area (Å²) in [7, 11) is 3.56. The summed E-state index contributed by atoms with van der Waals surface area (Å²) in [6.07, 6.45) is 6.56. The number of nitrogens with zero attached hydrogens (tertiary/aromatic N) is 3. The fraction of sp³-hybridized carbons (Fsp3) is 0.667. The van der Waals surface area contributed by atoms with Crippen molar-refractivity contribution in [2.45, 2.75) is 76.9 Å². The molecule has 1 saturated heterocycles. The smallest absolute Gasteiger partial charge is 0.262 e. The summed E-state index contributed by atoms with van der Waals surface area (Å²) in [5.41, 5.74) is 6.11. The highest BCUT2D eigenvalue weighted by Crippen LogP contribution is 2.46. The van der Waals surface area contributed by atoms with E-state index in [9.17, 15) is 9.59 Å². The summed E-state index contributed by atoms with van der Waals surface area (Å²) < 4.78 is 11.6. The van der Waals surface area contributed by atoms with Crippen LogP contribution in [0.5, 0.6) is 11.6 Å². The first-order chi connectivity index (χ1) is 15.8. The Bertz CT molecular complexity index is 977. The van der Waals surface area contributed by atoms with Gasteiger partial charge < -0.3 is 15.2 Å². The Hall–Kier alpha value is -2.19. The largest absolute Gasteiger partial charge is 0.489 e. The predicted octanol–water partition coefficient (Wildman–Crippen LogP) is 3.55. The van der Waals surface area contributed by atoms with E-state index in [1.807, 2.05) is 6.92 Å². The molecule has 2 aliphatic carbocycles. The Labute approximate surface area is 199 Å². The molecule has 8 nitrogen and oxygen atoms in total. The van der Waals surface area contributed by atoms with Crippen LogP contribution in [0, 0.1) is 5.41 Å². The van der Waals surface area contributed by atoms with Crippen LogP contribution in [0.4, 0.5) is 0 Å². The molecule has 3 atom stereocenters. The molecule has 0 amide bonds. The number of halogens is 1. The predicted molar refractivity (Wildman–Crippen MR) is 125 cm³/mol. The molecule has 0 bridgehead atoms. The Balaban J connectivity index is 1.68. The molecule has 1 spiro atoms. The summed E-state index contributed by atoms with van der Waals surface area (Å²) >= 11 is 6.41. The molecule has 2 heterocycles. The number of nitrogens with two attached hydrogens (primary N) is 1. The Morgan fingerprint density at radius 2 is 1.94 bits per heavy atom. The molecule has 33 heavy (non-hydrogen) atoms. The number of carbonyl (C=O) groups excluding carboxylic acids is 2. The number of hydrogen-bond acceptors (Lipinski definition) is 8. The third kappa shape index (κ3) is 4.35. The van der Waals surface area contributed by atoms with Gasteiger partial charge >= 0.3 is 0 Å². The van der Waals surface area contributed by atoms with Crippen molar-refractivity contribution in [2.24, 2.45) is 11.1 Å². The zero-order valence-corrected chi connectivity index (χ0v) is 20.4. The molecule has 1 aliphatic heterocycles. The number of allylic oxidation sites excluding steroid dienone is 1. The highest BCUT2D eigenvalue weighted by Gasteiger charge is 2.49. The van der Waals surface area contributed by atoms with Crippen LogP contribution in [0.1, 0.15) is 70.5 Å². The van der Waals surface area contributed by atoms with Gasteiger partial charge in [0.05, 0.1) is 18.2 Å². The van der Waals surface area contributed by atoms with Gasteiger partial charge in [0, 0.05) is 18.0 Å². The van der Waals surface area contributed by atoms with E-state index in [4.69, 9.17) is 26.8 Å². The molecule has 3 fully saturated rings. The average molecular weight is 477 g/mol. The third-order valence-electron chi connectivity index (χ3n) is 7.51. The third-order valence-corrected chi connectivity index (χ3v) is 7.77. The second kappa shape index (κ2) is 9.58. The van der Waals surface area contributed by atoms with Crippen molar-refractivity contribution in [1.29, 1.82) is 0 Å². The number of hydrogen-bond donors (Lipinski definition) is 1. The second-order valence-electron chi connectivity index (χ2n) is 9.48. The number of rotatable bonds is 5. The van der Waals surface area contributed by atoms with Gasteiger partial charge in [0.1, 0.15) is 11.9 Å². The molecule has 9 heteroatoms. The number of carbonyl (C=O) groups is 2. The van der Waals surface area contributed by atoms with Gasteiger partial charge in [-0.25, -0.2) is 4.98 Å². The highest BCUT2D eigenvalue weighted by molar-refractivity contribution is 6.31. The molecule has 0 unspecified atom stereocenters. The quantitative estimate of drug-likeness (QED) is 0.390. The second-order valence-corrected chi connectivity index (χ2v) is 9.83. The average Bonchev–Trinajstić information content (AvgIpc) is 3.23. The maximum atomic E-state index is 13.5. The van der Waals surface area contributed by atoms with Crippen molar-refractivity contribution >= 4 is 28.9 Å². The minimum Gasteiger partial charge on any atom is -0.489 e. The number of ketones is 2. The van der Waals surface area contributed by atoms with Crippen molar-refractivity contribution in [3.8, 4) is 11.6 Å². The van der Waals surface area contributed by atoms with Gasteiger partial charge in [0.25, 0.3) is 5.88 Å². The minimum absolute atomic E-state index is 0.0379. The first kappa shape index (κ1) is 24.0. The van der Waals surface area contributed by atoms with E-state index in [1.165, 1.54) is 7.11 Å². The maximum Gasteiger partial charge on any atom is 0.262 e. The molecule has 1 aromatic rings. The van der Waals surface area contributed by atoms with Gasteiger partial charge in [-0.1, -0.05) is 18.0 Å². The number of methoxy groups -OCH3 is 1. The first-order valence-corrected chi connectivity index (χ1v) is 12.2. The lowest BCUT2D eigenvalue weighted by molar-refractivity contribution is -0.143. The fourth-order valence-electron chi connectivity index (χ4n) is 5.63. The Morgan fingerprint density at radius 1 is 1.18 bits per heavy atom. The first-order valence-electron chi connectivity index (χ1n) is 11.8. The lowest BCUT2D eigenvalue weighted by atomic mass is 9.62. The van der Waals surface area contributed by atoms with Crippen LogP contribution in [-0.4, -0.2) is 59.3 Å². The normalized spacial score (nSPS) is 28.8. The zero-order valence-electron chi connectivity index (χ0n) is 19.7. The topological polar surface area (TPSA) is 108 Å². The van der Waals surface area contributed by atoms with Gasteiger partial charge in [0.2, 0.25) is 5.75 Å². The van der Waals surface area contributed by atoms with Crippen molar-refractivity contribution in [3.63, 3.8) is 0 Å². The molecule has 1 aromatic heterocycles. The molecular weight excluding hydrogens is 444 g/mol. The van der Waals surface area contributed by atoms with E-state index in [-0.39, 0.29) is 52.0 Å². The number of Topliss-reactive ketones (excluding diaryl/α,β-unsaturated/α-hetero) is 2. The van der Waals surface area contributed by atoms with E-state index in [0.29, 0.717) is 31.3 Å². The molecule has 0 aromatic carbocycles. The zero-order chi connectivity index (χ0) is 23.8. The molecule has 2 N–H and O–H groups in total. The van der Waals surface area contributed by atoms with Gasteiger partial charge in [-0.2, -0.15) is 4.98 Å². The van der Waals surface area contributed by atoms with Gasteiger partial charge in [-0.3, -0.25) is 14.5 Å². The lowest BCUT2D eigenvalue weighted by Gasteiger charge is -2.38. The van der Waals surface area contributed by atoms with Crippen molar-refractivity contribution in [2.75, 3.05) is 20.7 Å². The summed E-state index contributed by atoms with van der Waals surface area (Å²) in [5, 5.41) is 0.0692. The fourth-order valence-corrected chi connectivity index (χ4v) is 5.87. The van der Waals surface area contributed by atoms with Crippen LogP contribution in [0.25, 0.3) is 5.70 Å². The Kier molecular flexibility index (Phi) is 6.96. The van der Waals surface area contributed by atoms with Crippen LogP contribution in [0.2, 0.25) is 5.15 Å². The summed E-state index contributed by atoms with van der Waals surface area (Å²) in [6, 6.07) is 0.250. The van der Waals surface area contributed by atoms with Crippen molar-refractivity contribution < 1.29 is 19.1 Å². The standard InChI is InChI=1S/C24H33ClN4O4/c1-14(16-9-7-13-29(16)2)33-23-19(32-3)21(25)27-22(28-23)18(26)15-8-6-12-24(20(15)31)11-5-4-10-17(24)30/h14,16H,4-13,26H2,1-3H3/t14-,16-,24+/m0/s1. The number of ether oxygens (including phenoxy) is 2. The number of likely N-dealkylation sites (N-methyl/N-ethyl adjacent to an activating group) is 1. The number of likely N-dealkylation sites (tertiary alicyclic amines) is 1. The molecule has 0 radical (unpaired) electrons. The highest BCUT2D eigenvalue weighted by atomic mass is 35.5. The number of aromatic nitrogens is 2. The SMILES string of the molecule is COc1c(Cl)nc(C(N)=C2CCC[C@@]3(CCCCC3=O)C2=O)nc1O[C@@H](C)[C@@H]1CCCN1C. The van der Waals surface area contributed by atoms with Crippen molar-refractivity contribution in [3.05, 3.63) is 16.6 Å². The van der Waals surface area contributed by atoms with Crippen LogP contribution in [0.3, 0.4) is 0 Å². The van der Waals surface area contributed by atoms with E-state index >= 15 is 0 Å². The van der Waals surface area contributed by atoms with Crippen LogP contribution in [-0.2, 0) is 9.59 Å². The van der Waals surface area contributed by atoms with Crippen LogP contribution >= 0.6 is 11.6 Å². The lowest BCUT2D eigenvalue weighted by Crippen LogP contribution is -2.45. The van der Waals surface area contributed by atoms with Gasteiger partial charge in [-0.15, -0.1) is 0 Å². The van der Waals surface area contributed by atoms with Crippen LogP contribution < -0.4 is 15.2 Å². The molecular formula is C24H33ClN4O4. The van der Waals surface area contributed by atoms with Crippen LogP contribution in [0.15, 0.2) is 5.57 Å². The van der Waals surface area contributed by atoms with E-state index in [0.717, 1.165) is 38.6 Å². The monoisotopic (exact) mass is 476 g/mol. The maximum absolute atomic E-state index is 13.5. The minimum atomic E-state index is -0.937. The molecule has 2 saturated carbocycles. The van der Waals surface area contributed by atoms with E-state index < -0.39 is 5.41 Å². The Morgan fingerprint density at radius 3 is 2.61 bits per heavy atom. The van der Waals surface area contributed by atoms with E-state index in [1.54, 1.807) is 0 Å². The van der Waals surface area contributed by atoms with E-state index in [2.05, 4.69) is 21.9 Å².